The molecule has 1 saturated carbocycles. The molecule has 134 valence electrons. The van der Waals surface area contributed by atoms with E-state index in [9.17, 15) is 0 Å². The molecule has 1 aliphatic carbocycles. The highest BCUT2D eigenvalue weighted by molar-refractivity contribution is 5.87. The van der Waals surface area contributed by atoms with Gasteiger partial charge in [-0.15, -0.1) is 0 Å². The van der Waals surface area contributed by atoms with Crippen molar-refractivity contribution in [1.29, 1.82) is 0 Å². The van der Waals surface area contributed by atoms with Crippen LogP contribution in [0.4, 0.5) is 0 Å². The number of hydrogen-bond acceptors (Lipinski definition) is 4. The Kier molecular flexibility index (Phi) is 5.20. The zero-order valence-corrected chi connectivity index (χ0v) is 14.7. The first-order valence-electron chi connectivity index (χ1n) is 9.42. The van der Waals surface area contributed by atoms with E-state index in [1.165, 1.54) is 29.2 Å². The highest BCUT2D eigenvalue weighted by atomic mass is 16.7. The number of hydrogen-bond donors (Lipinski definition) is 1. The molecule has 4 heteroatoms. The minimum Gasteiger partial charge on any atom is -0.493 e. The van der Waals surface area contributed by atoms with Crippen molar-refractivity contribution in [2.45, 2.75) is 37.9 Å². The predicted molar refractivity (Wildman–Crippen MR) is 98.9 cm³/mol. The highest BCUT2D eigenvalue weighted by Gasteiger charge is 2.25. The quantitative estimate of drug-likeness (QED) is 0.832. The van der Waals surface area contributed by atoms with Gasteiger partial charge in [0.25, 0.3) is 0 Å². The summed E-state index contributed by atoms with van der Waals surface area (Å²) in [6.45, 7) is 2.93. The van der Waals surface area contributed by atoms with Crippen molar-refractivity contribution in [3.05, 3.63) is 42.0 Å². The fourth-order valence-corrected chi connectivity index (χ4v) is 3.41. The molecule has 0 bridgehead atoms. The van der Waals surface area contributed by atoms with Gasteiger partial charge in [-0.3, -0.25) is 0 Å². The number of nitrogens with two attached hydrogens (primary N) is 1. The summed E-state index contributed by atoms with van der Waals surface area (Å²) in [6, 6.07) is 12.9. The molecule has 2 N–H and O–H groups in total. The van der Waals surface area contributed by atoms with Crippen molar-refractivity contribution in [2.24, 2.45) is 11.7 Å². The van der Waals surface area contributed by atoms with Gasteiger partial charge >= 0.3 is 0 Å². The van der Waals surface area contributed by atoms with Gasteiger partial charge in [0.2, 0.25) is 0 Å². The SMILES string of the molecule is NCCC[C@H]1OC[C@H](c2cccc3cc(OCC4CC4)ccc32)CO1. The summed E-state index contributed by atoms with van der Waals surface area (Å²) in [7, 11) is 0. The second-order valence-electron chi connectivity index (χ2n) is 7.21. The third kappa shape index (κ3) is 4.14. The van der Waals surface area contributed by atoms with Crippen LogP contribution in [0.15, 0.2) is 36.4 Å². The first kappa shape index (κ1) is 16.8. The molecule has 0 radical (unpaired) electrons. The fourth-order valence-electron chi connectivity index (χ4n) is 3.41. The molecule has 2 fully saturated rings. The Morgan fingerprint density at radius 3 is 2.68 bits per heavy atom. The van der Waals surface area contributed by atoms with E-state index < -0.39 is 0 Å². The van der Waals surface area contributed by atoms with E-state index in [-0.39, 0.29) is 12.2 Å². The van der Waals surface area contributed by atoms with Crippen molar-refractivity contribution in [3.63, 3.8) is 0 Å². The van der Waals surface area contributed by atoms with Crippen LogP contribution in [0.25, 0.3) is 10.8 Å². The topological polar surface area (TPSA) is 53.7 Å². The van der Waals surface area contributed by atoms with Gasteiger partial charge in [0.15, 0.2) is 6.29 Å². The number of rotatable bonds is 7. The molecule has 1 heterocycles. The second kappa shape index (κ2) is 7.73. The molecule has 25 heavy (non-hydrogen) atoms. The number of ether oxygens (including phenoxy) is 3. The van der Waals surface area contributed by atoms with Gasteiger partial charge in [-0.2, -0.15) is 0 Å². The van der Waals surface area contributed by atoms with Crippen LogP contribution < -0.4 is 10.5 Å². The molecule has 4 rings (SSSR count). The van der Waals surface area contributed by atoms with Crippen LogP contribution in [0.1, 0.15) is 37.2 Å². The van der Waals surface area contributed by atoms with Gasteiger partial charge in [-0.25, -0.2) is 0 Å². The Balaban J connectivity index is 1.46. The van der Waals surface area contributed by atoms with Crippen LogP contribution in [0.2, 0.25) is 0 Å². The molecule has 4 nitrogen and oxygen atoms in total. The number of fused-ring (bicyclic) bond motifs is 1. The smallest absolute Gasteiger partial charge is 0.157 e. The zero-order chi connectivity index (χ0) is 17.1. The number of benzene rings is 2. The summed E-state index contributed by atoms with van der Waals surface area (Å²) in [5.41, 5.74) is 6.85. The van der Waals surface area contributed by atoms with Crippen LogP contribution in [-0.4, -0.2) is 32.7 Å². The zero-order valence-electron chi connectivity index (χ0n) is 14.7. The van der Waals surface area contributed by atoms with E-state index in [0.717, 1.165) is 31.1 Å². The molecule has 0 unspecified atom stereocenters. The van der Waals surface area contributed by atoms with Crippen LogP contribution in [0, 0.1) is 5.92 Å². The van der Waals surface area contributed by atoms with Gasteiger partial charge in [0, 0.05) is 5.92 Å². The molecular formula is C21H27NO3. The van der Waals surface area contributed by atoms with Gasteiger partial charge in [-0.1, -0.05) is 24.3 Å². The van der Waals surface area contributed by atoms with E-state index in [1.807, 2.05) is 0 Å². The van der Waals surface area contributed by atoms with Crippen LogP contribution in [-0.2, 0) is 9.47 Å². The maximum absolute atomic E-state index is 5.92. The van der Waals surface area contributed by atoms with Crippen molar-refractivity contribution < 1.29 is 14.2 Å². The third-order valence-corrected chi connectivity index (χ3v) is 5.12. The predicted octanol–water partition coefficient (Wildman–Crippen LogP) is 3.82. The Hall–Kier alpha value is -1.62. The molecule has 0 aromatic heterocycles. The summed E-state index contributed by atoms with van der Waals surface area (Å²) >= 11 is 0. The molecule has 0 spiro atoms. The van der Waals surface area contributed by atoms with Crippen molar-refractivity contribution in [3.8, 4) is 5.75 Å². The monoisotopic (exact) mass is 341 g/mol. The molecule has 2 aromatic carbocycles. The van der Waals surface area contributed by atoms with E-state index in [4.69, 9.17) is 19.9 Å². The van der Waals surface area contributed by atoms with Crippen LogP contribution >= 0.6 is 0 Å². The maximum atomic E-state index is 5.92. The lowest BCUT2D eigenvalue weighted by Crippen LogP contribution is -2.31. The lowest BCUT2D eigenvalue weighted by atomic mass is 9.94. The first-order valence-corrected chi connectivity index (χ1v) is 9.42. The Morgan fingerprint density at radius 2 is 1.92 bits per heavy atom. The van der Waals surface area contributed by atoms with Crippen molar-refractivity contribution in [2.75, 3.05) is 26.4 Å². The average Bonchev–Trinajstić information content (AvgIpc) is 3.49. The first-order chi connectivity index (χ1) is 12.3. The van der Waals surface area contributed by atoms with Gasteiger partial charge in [0.1, 0.15) is 5.75 Å². The molecule has 0 atom stereocenters. The fraction of sp³-hybridized carbons (Fsp3) is 0.524. The molecule has 0 amide bonds. The standard InChI is InChI=1S/C21H27NO3/c22-10-2-5-21-24-13-17(14-25-21)19-4-1-3-16-11-18(8-9-20(16)19)23-12-15-6-7-15/h1,3-4,8-9,11,15,17,21H,2,5-7,10,12-14,22H2/t17-,21-. The van der Waals surface area contributed by atoms with Crippen molar-refractivity contribution in [1.82, 2.24) is 0 Å². The normalized spacial score (nSPS) is 23.7. The van der Waals surface area contributed by atoms with Gasteiger partial charge in [0.05, 0.1) is 19.8 Å². The summed E-state index contributed by atoms with van der Waals surface area (Å²) in [5, 5.41) is 2.48. The Bertz CT molecular complexity index is 705. The summed E-state index contributed by atoms with van der Waals surface area (Å²) < 4.78 is 17.7. The van der Waals surface area contributed by atoms with Crippen LogP contribution in [0.5, 0.6) is 5.75 Å². The summed E-state index contributed by atoms with van der Waals surface area (Å²) in [5.74, 6) is 2.01. The van der Waals surface area contributed by atoms with E-state index >= 15 is 0 Å². The molecule has 1 aliphatic heterocycles. The summed E-state index contributed by atoms with van der Waals surface area (Å²) in [6.07, 6.45) is 4.34. The Morgan fingerprint density at radius 1 is 1.08 bits per heavy atom. The average molecular weight is 341 g/mol. The van der Waals surface area contributed by atoms with E-state index in [0.29, 0.717) is 19.8 Å². The molecule has 1 saturated heterocycles. The van der Waals surface area contributed by atoms with E-state index in [1.54, 1.807) is 0 Å². The molecule has 2 aromatic rings. The van der Waals surface area contributed by atoms with Gasteiger partial charge < -0.3 is 19.9 Å². The minimum absolute atomic E-state index is 0.0998. The molecule has 2 aliphatic rings. The molecular weight excluding hydrogens is 314 g/mol. The maximum Gasteiger partial charge on any atom is 0.157 e. The highest BCUT2D eigenvalue weighted by Crippen LogP contribution is 2.33. The largest absolute Gasteiger partial charge is 0.493 e. The lowest BCUT2D eigenvalue weighted by molar-refractivity contribution is -0.189. The lowest BCUT2D eigenvalue weighted by Gasteiger charge is -2.30. The van der Waals surface area contributed by atoms with Crippen LogP contribution in [0.3, 0.4) is 0 Å². The van der Waals surface area contributed by atoms with E-state index in [2.05, 4.69) is 36.4 Å². The third-order valence-electron chi connectivity index (χ3n) is 5.12. The minimum atomic E-state index is -0.0998. The van der Waals surface area contributed by atoms with Crippen molar-refractivity contribution >= 4 is 10.8 Å². The Labute approximate surface area is 149 Å². The van der Waals surface area contributed by atoms with Gasteiger partial charge in [-0.05, 0) is 66.6 Å². The summed E-state index contributed by atoms with van der Waals surface area (Å²) in [4.78, 5) is 0. The second-order valence-corrected chi connectivity index (χ2v) is 7.21.